The Morgan fingerprint density at radius 3 is 2.61 bits per heavy atom. The topological polar surface area (TPSA) is 68.3 Å². The van der Waals surface area contributed by atoms with Gasteiger partial charge in [-0.25, -0.2) is 17.8 Å². The number of hydrogen-bond donors (Lipinski definition) is 1. The number of para-hydroxylation sites is 1. The molecule has 0 saturated heterocycles. The van der Waals surface area contributed by atoms with Gasteiger partial charge in [0.25, 0.3) is 0 Å². The largest absolute Gasteiger partial charge is 0.492 e. The Morgan fingerprint density at radius 1 is 1.13 bits per heavy atom. The Labute approximate surface area is 136 Å². The van der Waals surface area contributed by atoms with Gasteiger partial charge in [0, 0.05) is 0 Å². The molecule has 0 atom stereocenters. The third kappa shape index (κ3) is 4.17. The maximum Gasteiger partial charge on any atom is 0.237 e. The zero-order chi connectivity index (χ0) is 16.3. The summed E-state index contributed by atoms with van der Waals surface area (Å²) < 4.78 is 45.5. The molecule has 0 spiro atoms. The zero-order valence-corrected chi connectivity index (χ0v) is 13.5. The number of nitrogens with one attached hydrogen (secondary N) is 1. The average molecular weight is 352 g/mol. The molecule has 0 saturated carbocycles. The van der Waals surface area contributed by atoms with Crippen molar-refractivity contribution in [2.75, 3.05) is 17.1 Å². The summed E-state index contributed by atoms with van der Waals surface area (Å²) in [6.07, 6.45) is 0. The van der Waals surface area contributed by atoms with Crippen molar-refractivity contribution in [1.82, 2.24) is 4.98 Å². The molecule has 23 heavy (non-hydrogen) atoms. The number of thiazole rings is 1. The fraction of sp³-hybridized carbons (Fsp3) is 0.133. The summed E-state index contributed by atoms with van der Waals surface area (Å²) in [6.45, 7) is -0.0359. The number of hydrogen-bond acceptors (Lipinski definition) is 5. The first-order valence-corrected chi connectivity index (χ1v) is 9.23. The van der Waals surface area contributed by atoms with Gasteiger partial charge in [-0.05, 0) is 36.4 Å². The number of ether oxygens (including phenoxy) is 1. The maximum absolute atomic E-state index is 12.8. The van der Waals surface area contributed by atoms with E-state index in [0.29, 0.717) is 10.9 Å². The van der Waals surface area contributed by atoms with Gasteiger partial charge in [-0.3, -0.25) is 4.72 Å². The van der Waals surface area contributed by atoms with Gasteiger partial charge in [-0.15, -0.1) is 0 Å². The number of fused-ring (bicyclic) bond motifs is 1. The average Bonchev–Trinajstić information content (AvgIpc) is 2.90. The standard InChI is InChI=1S/C15H13FN2O3S2/c16-11-5-7-12(8-6-11)21-9-10-23(19,20)18-15-17-13-3-1-2-4-14(13)22-15/h1-8H,9-10H2,(H,17,18). The molecule has 0 radical (unpaired) electrons. The maximum atomic E-state index is 12.8. The van der Waals surface area contributed by atoms with Gasteiger partial charge in [0.15, 0.2) is 5.13 Å². The molecule has 0 fully saturated rings. The van der Waals surface area contributed by atoms with Crippen molar-refractivity contribution in [2.45, 2.75) is 0 Å². The predicted molar refractivity (Wildman–Crippen MR) is 88.9 cm³/mol. The minimum atomic E-state index is -3.56. The summed E-state index contributed by atoms with van der Waals surface area (Å²) in [6, 6.07) is 12.8. The van der Waals surface area contributed by atoms with Crippen LogP contribution >= 0.6 is 11.3 Å². The normalized spacial score (nSPS) is 11.5. The quantitative estimate of drug-likeness (QED) is 0.739. The molecule has 3 rings (SSSR count). The minimum absolute atomic E-state index is 0.0359. The molecule has 1 heterocycles. The highest BCUT2D eigenvalue weighted by molar-refractivity contribution is 7.92. The monoisotopic (exact) mass is 352 g/mol. The van der Waals surface area contributed by atoms with Crippen LogP contribution in [0.4, 0.5) is 9.52 Å². The van der Waals surface area contributed by atoms with Gasteiger partial charge in [-0.2, -0.15) is 0 Å². The molecular formula is C15H13FN2O3S2. The molecule has 2 aromatic carbocycles. The summed E-state index contributed by atoms with van der Waals surface area (Å²) in [5.74, 6) is -0.176. The summed E-state index contributed by atoms with van der Waals surface area (Å²) in [4.78, 5) is 4.22. The van der Waals surface area contributed by atoms with Crippen LogP contribution in [0.5, 0.6) is 5.75 Å². The highest BCUT2D eigenvalue weighted by atomic mass is 32.2. The first-order valence-electron chi connectivity index (χ1n) is 6.76. The van der Waals surface area contributed by atoms with E-state index < -0.39 is 10.0 Å². The second-order valence-electron chi connectivity index (χ2n) is 4.71. The van der Waals surface area contributed by atoms with Crippen molar-refractivity contribution in [3.63, 3.8) is 0 Å². The lowest BCUT2D eigenvalue weighted by atomic mass is 10.3. The van der Waals surface area contributed by atoms with Crippen molar-refractivity contribution in [1.29, 1.82) is 0 Å². The number of nitrogens with zero attached hydrogens (tertiary/aromatic N) is 1. The van der Waals surface area contributed by atoms with Crippen LogP contribution < -0.4 is 9.46 Å². The number of rotatable bonds is 6. The molecule has 0 aliphatic heterocycles. The predicted octanol–water partition coefficient (Wildman–Crippen LogP) is 3.26. The van der Waals surface area contributed by atoms with Crippen LogP contribution in [-0.4, -0.2) is 25.8 Å². The van der Waals surface area contributed by atoms with E-state index in [1.54, 1.807) is 0 Å². The molecule has 0 unspecified atom stereocenters. The highest BCUT2D eigenvalue weighted by Crippen LogP contribution is 2.26. The summed E-state index contributed by atoms with van der Waals surface area (Å²) >= 11 is 1.27. The SMILES string of the molecule is O=S(=O)(CCOc1ccc(F)cc1)Nc1nc2ccccc2s1. The third-order valence-electron chi connectivity index (χ3n) is 2.97. The Balaban J connectivity index is 1.59. The Kier molecular flexibility index (Phi) is 4.44. The van der Waals surface area contributed by atoms with Gasteiger partial charge in [0.1, 0.15) is 23.9 Å². The van der Waals surface area contributed by atoms with Crippen molar-refractivity contribution in [3.8, 4) is 5.75 Å². The third-order valence-corrected chi connectivity index (χ3v) is 5.26. The van der Waals surface area contributed by atoms with E-state index in [1.165, 1.54) is 35.6 Å². The van der Waals surface area contributed by atoms with Gasteiger partial charge in [-0.1, -0.05) is 23.5 Å². The molecule has 0 aliphatic carbocycles. The van der Waals surface area contributed by atoms with Crippen molar-refractivity contribution < 1.29 is 17.5 Å². The first-order chi connectivity index (χ1) is 11.0. The molecular weight excluding hydrogens is 339 g/mol. The van der Waals surface area contributed by atoms with Gasteiger partial charge in [0.05, 0.1) is 10.2 Å². The highest BCUT2D eigenvalue weighted by Gasteiger charge is 2.14. The molecule has 120 valence electrons. The summed E-state index contributed by atoms with van der Waals surface area (Å²) in [5, 5.41) is 0.327. The fourth-order valence-corrected chi connectivity index (χ4v) is 3.88. The van der Waals surface area contributed by atoms with E-state index in [9.17, 15) is 12.8 Å². The molecule has 8 heteroatoms. The van der Waals surface area contributed by atoms with Crippen LogP contribution in [0, 0.1) is 5.82 Å². The van der Waals surface area contributed by atoms with E-state index in [-0.39, 0.29) is 18.2 Å². The molecule has 5 nitrogen and oxygen atoms in total. The van der Waals surface area contributed by atoms with E-state index in [4.69, 9.17) is 4.74 Å². The minimum Gasteiger partial charge on any atom is -0.492 e. The van der Waals surface area contributed by atoms with Crippen LogP contribution in [0.2, 0.25) is 0 Å². The molecule has 1 N–H and O–H groups in total. The van der Waals surface area contributed by atoms with Crippen molar-refractivity contribution in [3.05, 3.63) is 54.3 Å². The van der Waals surface area contributed by atoms with E-state index >= 15 is 0 Å². The lowest BCUT2D eigenvalue weighted by molar-refractivity contribution is 0.340. The van der Waals surface area contributed by atoms with E-state index in [0.717, 1.165) is 10.2 Å². The molecule has 0 amide bonds. The van der Waals surface area contributed by atoms with Crippen LogP contribution in [0.3, 0.4) is 0 Å². The second-order valence-corrected chi connectivity index (χ2v) is 7.58. The van der Waals surface area contributed by atoms with Gasteiger partial charge >= 0.3 is 0 Å². The first kappa shape index (κ1) is 15.7. The second kappa shape index (κ2) is 6.51. The van der Waals surface area contributed by atoms with Crippen LogP contribution in [0.1, 0.15) is 0 Å². The molecule has 1 aromatic heterocycles. The van der Waals surface area contributed by atoms with Crippen LogP contribution in [0.15, 0.2) is 48.5 Å². The molecule has 3 aromatic rings. The van der Waals surface area contributed by atoms with Crippen LogP contribution in [0.25, 0.3) is 10.2 Å². The van der Waals surface area contributed by atoms with Crippen molar-refractivity contribution >= 4 is 36.7 Å². The Morgan fingerprint density at radius 2 is 1.87 bits per heavy atom. The number of aromatic nitrogens is 1. The smallest absolute Gasteiger partial charge is 0.237 e. The van der Waals surface area contributed by atoms with E-state index in [2.05, 4.69) is 9.71 Å². The van der Waals surface area contributed by atoms with Crippen molar-refractivity contribution in [2.24, 2.45) is 0 Å². The number of benzene rings is 2. The fourth-order valence-electron chi connectivity index (χ4n) is 1.90. The van der Waals surface area contributed by atoms with Gasteiger partial charge in [0.2, 0.25) is 10.0 Å². The summed E-state index contributed by atoms with van der Waals surface area (Å²) in [5.41, 5.74) is 0.748. The number of anilines is 1. The Hall–Kier alpha value is -2.19. The molecule has 0 bridgehead atoms. The lowest BCUT2D eigenvalue weighted by Gasteiger charge is -2.07. The summed E-state index contributed by atoms with van der Waals surface area (Å²) in [7, 11) is -3.56. The van der Waals surface area contributed by atoms with Crippen LogP contribution in [-0.2, 0) is 10.0 Å². The van der Waals surface area contributed by atoms with E-state index in [1.807, 2.05) is 24.3 Å². The zero-order valence-electron chi connectivity index (χ0n) is 11.9. The Bertz CT molecular complexity index is 875. The number of sulfonamides is 1. The number of halogens is 1. The molecule has 0 aliphatic rings. The van der Waals surface area contributed by atoms with Gasteiger partial charge < -0.3 is 4.74 Å². The lowest BCUT2D eigenvalue weighted by Crippen LogP contribution is -2.21.